The van der Waals surface area contributed by atoms with Crippen LogP contribution in [0.2, 0.25) is 0 Å². The number of thiazole rings is 1. The Bertz CT molecular complexity index is 767. The van der Waals surface area contributed by atoms with E-state index in [9.17, 15) is 8.42 Å². The van der Waals surface area contributed by atoms with Crippen molar-refractivity contribution in [2.75, 3.05) is 4.72 Å². The van der Waals surface area contributed by atoms with Crippen LogP contribution in [0.4, 0.5) is 5.13 Å². The van der Waals surface area contributed by atoms with E-state index in [2.05, 4.69) is 14.8 Å². The van der Waals surface area contributed by atoms with Crippen molar-refractivity contribution in [1.29, 1.82) is 0 Å². The second-order valence-corrected chi connectivity index (χ2v) is 9.07. The van der Waals surface area contributed by atoms with Crippen LogP contribution in [0.15, 0.2) is 16.5 Å². The fraction of sp³-hybridized carbons (Fsp3) is 0.571. The van der Waals surface area contributed by atoms with Crippen molar-refractivity contribution in [2.24, 2.45) is 0 Å². The van der Waals surface area contributed by atoms with E-state index >= 15 is 0 Å². The topological polar surface area (TPSA) is 76.9 Å². The van der Waals surface area contributed by atoms with Gasteiger partial charge in [0.05, 0.1) is 11.4 Å². The Hall–Kier alpha value is -1.41. The predicted molar refractivity (Wildman–Crippen MR) is 89.0 cm³/mol. The number of nitrogens with one attached hydrogen (secondary N) is 1. The summed E-state index contributed by atoms with van der Waals surface area (Å²) in [5.74, 6) is 0. The van der Waals surface area contributed by atoms with Gasteiger partial charge in [-0.25, -0.2) is 13.4 Å². The molecule has 0 bridgehead atoms. The molecule has 2 aromatic rings. The van der Waals surface area contributed by atoms with Crippen LogP contribution in [0.5, 0.6) is 0 Å². The Morgan fingerprint density at radius 1 is 1.32 bits per heavy atom. The SMILES string of the molecule is Cc1csc(NS(=O)(=O)c2cn(C(C)C)nc2C(C)(C)C)n1. The Morgan fingerprint density at radius 2 is 1.95 bits per heavy atom. The third-order valence-electron chi connectivity index (χ3n) is 3.07. The highest BCUT2D eigenvalue weighted by Crippen LogP contribution is 2.30. The molecule has 0 radical (unpaired) electrons. The molecule has 2 heterocycles. The van der Waals surface area contributed by atoms with E-state index in [4.69, 9.17) is 0 Å². The smallest absolute Gasteiger partial charge is 0.267 e. The maximum Gasteiger partial charge on any atom is 0.267 e. The van der Waals surface area contributed by atoms with Crippen molar-refractivity contribution in [3.05, 3.63) is 23.0 Å². The third kappa shape index (κ3) is 3.49. The lowest BCUT2D eigenvalue weighted by Gasteiger charge is -2.17. The predicted octanol–water partition coefficient (Wildman–Crippen LogP) is 3.33. The van der Waals surface area contributed by atoms with E-state index in [0.717, 1.165) is 5.69 Å². The molecule has 6 nitrogen and oxygen atoms in total. The second-order valence-electron chi connectivity index (χ2n) is 6.57. The molecule has 2 rings (SSSR count). The van der Waals surface area contributed by atoms with Crippen molar-refractivity contribution in [2.45, 2.75) is 57.9 Å². The van der Waals surface area contributed by atoms with Crippen molar-refractivity contribution < 1.29 is 8.42 Å². The molecular weight excluding hydrogens is 320 g/mol. The number of nitrogens with zero attached hydrogens (tertiary/aromatic N) is 3. The van der Waals surface area contributed by atoms with Crippen LogP contribution in [-0.2, 0) is 15.4 Å². The minimum Gasteiger partial charge on any atom is -0.269 e. The van der Waals surface area contributed by atoms with E-state index in [1.807, 2.05) is 41.5 Å². The Morgan fingerprint density at radius 3 is 2.41 bits per heavy atom. The molecule has 0 amide bonds. The molecule has 8 heteroatoms. The number of aryl methyl sites for hydroxylation is 1. The van der Waals surface area contributed by atoms with Crippen molar-refractivity contribution in [3.63, 3.8) is 0 Å². The molecule has 0 aliphatic rings. The van der Waals surface area contributed by atoms with Crippen LogP contribution in [0.3, 0.4) is 0 Å². The van der Waals surface area contributed by atoms with Gasteiger partial charge in [0.1, 0.15) is 4.90 Å². The number of anilines is 1. The van der Waals surface area contributed by atoms with E-state index in [0.29, 0.717) is 10.8 Å². The lowest BCUT2D eigenvalue weighted by atomic mass is 9.92. The second kappa shape index (κ2) is 5.66. The summed E-state index contributed by atoms with van der Waals surface area (Å²) < 4.78 is 29.7. The fourth-order valence-electron chi connectivity index (χ4n) is 1.93. The molecule has 0 saturated carbocycles. The van der Waals surface area contributed by atoms with Gasteiger partial charge >= 0.3 is 0 Å². The number of hydrogen-bond acceptors (Lipinski definition) is 5. The molecule has 2 aromatic heterocycles. The molecule has 0 aliphatic carbocycles. The summed E-state index contributed by atoms with van der Waals surface area (Å²) in [6.07, 6.45) is 1.59. The van der Waals surface area contributed by atoms with Crippen LogP contribution in [0.1, 0.15) is 52.0 Å². The van der Waals surface area contributed by atoms with Gasteiger partial charge < -0.3 is 0 Å². The van der Waals surface area contributed by atoms with Crippen LogP contribution < -0.4 is 4.72 Å². The van der Waals surface area contributed by atoms with Crippen LogP contribution in [0, 0.1) is 6.92 Å². The zero-order valence-corrected chi connectivity index (χ0v) is 15.3. The van der Waals surface area contributed by atoms with Gasteiger partial charge in [-0.15, -0.1) is 11.3 Å². The van der Waals surface area contributed by atoms with Gasteiger partial charge in [0, 0.05) is 23.0 Å². The molecule has 0 fully saturated rings. The lowest BCUT2D eigenvalue weighted by molar-refractivity contribution is 0.493. The standard InChI is InChI=1S/C14H22N4O2S2/c1-9(2)18-7-11(12(16-18)14(4,5)6)22(19,20)17-13-15-10(3)8-21-13/h7-9H,1-6H3,(H,15,17). The molecule has 22 heavy (non-hydrogen) atoms. The summed E-state index contributed by atoms with van der Waals surface area (Å²) in [5, 5.41) is 6.65. The molecule has 0 aliphatic heterocycles. The van der Waals surface area contributed by atoms with Gasteiger partial charge in [-0.05, 0) is 20.8 Å². The highest BCUT2D eigenvalue weighted by molar-refractivity contribution is 7.93. The first kappa shape index (κ1) is 17.0. The zero-order valence-electron chi connectivity index (χ0n) is 13.7. The average molecular weight is 342 g/mol. The van der Waals surface area contributed by atoms with Crippen molar-refractivity contribution >= 4 is 26.5 Å². The van der Waals surface area contributed by atoms with E-state index in [-0.39, 0.29) is 16.4 Å². The first-order valence-electron chi connectivity index (χ1n) is 7.05. The molecule has 122 valence electrons. The van der Waals surface area contributed by atoms with Gasteiger partial charge in [-0.1, -0.05) is 20.8 Å². The first-order chi connectivity index (χ1) is 10.0. The van der Waals surface area contributed by atoms with E-state index < -0.39 is 10.0 Å². The van der Waals surface area contributed by atoms with Crippen molar-refractivity contribution in [3.8, 4) is 0 Å². The minimum atomic E-state index is -3.71. The largest absolute Gasteiger partial charge is 0.269 e. The van der Waals surface area contributed by atoms with E-state index in [1.54, 1.807) is 16.3 Å². The lowest BCUT2D eigenvalue weighted by Crippen LogP contribution is -2.20. The maximum absolute atomic E-state index is 12.7. The van der Waals surface area contributed by atoms with Crippen molar-refractivity contribution in [1.82, 2.24) is 14.8 Å². The molecule has 0 aromatic carbocycles. The minimum absolute atomic E-state index is 0.0900. The van der Waals surface area contributed by atoms with Crippen LogP contribution >= 0.6 is 11.3 Å². The highest BCUT2D eigenvalue weighted by Gasteiger charge is 2.30. The quantitative estimate of drug-likeness (QED) is 0.924. The summed E-state index contributed by atoms with van der Waals surface area (Å²) in [5.41, 5.74) is 0.974. The van der Waals surface area contributed by atoms with Gasteiger partial charge in [0.15, 0.2) is 5.13 Å². The summed E-state index contributed by atoms with van der Waals surface area (Å²) >= 11 is 1.27. The molecular formula is C14H22N4O2S2. The number of hydrogen-bond donors (Lipinski definition) is 1. The summed E-state index contributed by atoms with van der Waals surface area (Å²) in [7, 11) is -3.71. The maximum atomic E-state index is 12.7. The Labute approximate surface area is 135 Å². The normalized spacial score (nSPS) is 12.9. The average Bonchev–Trinajstić information content (AvgIpc) is 2.94. The number of rotatable bonds is 4. The highest BCUT2D eigenvalue weighted by atomic mass is 32.2. The summed E-state index contributed by atoms with van der Waals surface area (Å²) in [4.78, 5) is 4.37. The summed E-state index contributed by atoms with van der Waals surface area (Å²) in [6, 6.07) is 0.0900. The zero-order chi connectivity index (χ0) is 16.7. The van der Waals surface area contributed by atoms with Gasteiger partial charge in [-0.3, -0.25) is 9.40 Å². The van der Waals surface area contributed by atoms with Crippen LogP contribution in [0.25, 0.3) is 0 Å². The number of aromatic nitrogens is 3. The molecule has 0 saturated heterocycles. The third-order valence-corrected chi connectivity index (χ3v) is 5.41. The van der Waals surface area contributed by atoms with Gasteiger partial charge in [-0.2, -0.15) is 5.10 Å². The molecule has 1 N–H and O–H groups in total. The number of sulfonamides is 1. The first-order valence-corrected chi connectivity index (χ1v) is 9.41. The van der Waals surface area contributed by atoms with Gasteiger partial charge in [0.2, 0.25) is 0 Å². The van der Waals surface area contributed by atoms with E-state index in [1.165, 1.54) is 11.3 Å². The fourth-order valence-corrected chi connectivity index (χ4v) is 4.21. The molecule has 0 spiro atoms. The summed E-state index contributed by atoms with van der Waals surface area (Å²) in [6.45, 7) is 11.6. The van der Waals surface area contributed by atoms with Crippen LogP contribution in [-0.4, -0.2) is 23.2 Å². The monoisotopic (exact) mass is 342 g/mol. The molecule has 0 unspecified atom stereocenters. The Kier molecular flexibility index (Phi) is 4.36. The Balaban J connectivity index is 2.49. The van der Waals surface area contributed by atoms with Gasteiger partial charge in [0.25, 0.3) is 10.0 Å². The molecule has 0 atom stereocenters.